The topological polar surface area (TPSA) is 66.9 Å². The Hall–Kier alpha value is -2.35. The van der Waals surface area contributed by atoms with Crippen LogP contribution < -0.4 is 10.6 Å². The summed E-state index contributed by atoms with van der Waals surface area (Å²) in [5.41, 5.74) is 0.765. The predicted molar refractivity (Wildman–Crippen MR) is 117 cm³/mol. The fourth-order valence-electron chi connectivity index (χ4n) is 2.46. The van der Waals surface area contributed by atoms with Gasteiger partial charge in [-0.2, -0.15) is 4.98 Å². The summed E-state index contributed by atoms with van der Waals surface area (Å²) in [6, 6.07) is 11.8. The molecule has 29 heavy (non-hydrogen) atoms. The van der Waals surface area contributed by atoms with Gasteiger partial charge in [-0.25, -0.2) is 9.37 Å². The number of anilines is 3. The average Bonchev–Trinajstić information content (AvgIpc) is 2.70. The minimum absolute atomic E-state index is 0.0216. The van der Waals surface area contributed by atoms with E-state index in [2.05, 4.69) is 27.5 Å². The molecule has 150 valence electrons. The number of thioether (sulfide) groups is 1. The lowest BCUT2D eigenvalue weighted by molar-refractivity contribution is 0.102. The molecule has 1 heterocycles. The van der Waals surface area contributed by atoms with Crippen LogP contribution in [0.2, 0.25) is 10.3 Å². The van der Waals surface area contributed by atoms with Gasteiger partial charge in [0.05, 0.1) is 16.4 Å². The molecule has 2 N–H and O–H groups in total. The molecule has 0 aliphatic carbocycles. The normalized spacial score (nSPS) is 10.6. The maximum Gasteiger partial charge on any atom is 0.261 e. The van der Waals surface area contributed by atoms with Crippen molar-refractivity contribution in [2.45, 2.75) is 18.2 Å². The third-order valence-corrected chi connectivity index (χ3v) is 5.58. The minimum Gasteiger partial charge on any atom is -0.339 e. The smallest absolute Gasteiger partial charge is 0.261 e. The van der Waals surface area contributed by atoms with E-state index in [-0.39, 0.29) is 27.4 Å². The second-order valence-corrected chi connectivity index (χ2v) is 7.80. The van der Waals surface area contributed by atoms with Gasteiger partial charge in [-0.15, -0.1) is 11.8 Å². The summed E-state index contributed by atoms with van der Waals surface area (Å²) in [6.45, 7) is 2.10. The van der Waals surface area contributed by atoms with E-state index in [1.54, 1.807) is 11.8 Å². The molecule has 3 rings (SSSR count). The maximum absolute atomic E-state index is 14.0. The van der Waals surface area contributed by atoms with Crippen molar-refractivity contribution < 1.29 is 9.18 Å². The molecule has 0 spiro atoms. The molecule has 2 aromatic carbocycles. The van der Waals surface area contributed by atoms with E-state index in [0.29, 0.717) is 0 Å². The number of halogens is 3. The fourth-order valence-corrected chi connectivity index (χ4v) is 3.67. The first-order valence-corrected chi connectivity index (χ1v) is 10.5. The molecule has 0 radical (unpaired) electrons. The highest BCUT2D eigenvalue weighted by molar-refractivity contribution is 7.99. The Morgan fingerprint density at radius 2 is 1.97 bits per heavy atom. The molecule has 1 aromatic heterocycles. The number of nitrogens with one attached hydrogen (secondary N) is 2. The monoisotopic (exact) mass is 450 g/mol. The molecule has 0 bridgehead atoms. The third-order valence-electron chi connectivity index (χ3n) is 3.81. The second kappa shape index (κ2) is 9.91. The Morgan fingerprint density at radius 3 is 2.72 bits per heavy atom. The van der Waals surface area contributed by atoms with Gasteiger partial charge in [-0.3, -0.25) is 4.79 Å². The molecule has 1 amide bonds. The lowest BCUT2D eigenvalue weighted by atomic mass is 10.2. The molecular formula is C20H17Cl2FN4OS. The highest BCUT2D eigenvalue weighted by Gasteiger charge is 2.18. The number of nitrogens with zero attached hydrogens (tertiary/aromatic N) is 2. The zero-order chi connectivity index (χ0) is 20.8. The summed E-state index contributed by atoms with van der Waals surface area (Å²) < 4.78 is 14.0. The molecule has 0 unspecified atom stereocenters. The van der Waals surface area contributed by atoms with Crippen molar-refractivity contribution in [2.24, 2.45) is 0 Å². The number of rotatable bonds is 7. The number of benzene rings is 2. The number of carbonyl (C=O) groups excluding carboxylic acids is 1. The molecule has 0 aliphatic heterocycles. The largest absolute Gasteiger partial charge is 0.339 e. The highest BCUT2D eigenvalue weighted by atomic mass is 35.5. The van der Waals surface area contributed by atoms with Crippen molar-refractivity contribution in [2.75, 3.05) is 16.4 Å². The molecule has 0 saturated carbocycles. The van der Waals surface area contributed by atoms with Gasteiger partial charge in [0.1, 0.15) is 17.2 Å². The Morgan fingerprint density at radius 1 is 1.17 bits per heavy atom. The van der Waals surface area contributed by atoms with Gasteiger partial charge >= 0.3 is 0 Å². The number of carbonyl (C=O) groups is 1. The van der Waals surface area contributed by atoms with E-state index in [0.717, 1.165) is 22.8 Å². The lowest BCUT2D eigenvalue weighted by Crippen LogP contribution is -2.16. The van der Waals surface area contributed by atoms with E-state index >= 15 is 0 Å². The number of hydrogen-bond acceptors (Lipinski definition) is 5. The van der Waals surface area contributed by atoms with Gasteiger partial charge in [0.15, 0.2) is 0 Å². The summed E-state index contributed by atoms with van der Waals surface area (Å²) in [6.07, 6.45) is 2.30. The summed E-state index contributed by atoms with van der Waals surface area (Å²) in [5, 5.41) is 5.68. The summed E-state index contributed by atoms with van der Waals surface area (Å²) in [7, 11) is 0. The lowest BCUT2D eigenvalue weighted by Gasteiger charge is -2.14. The molecule has 0 fully saturated rings. The van der Waals surface area contributed by atoms with E-state index in [9.17, 15) is 9.18 Å². The molecule has 0 atom stereocenters. The van der Waals surface area contributed by atoms with Crippen LogP contribution in [0.3, 0.4) is 0 Å². The SMILES string of the molecule is CCCSc1ccccc1Nc1nc(Cl)ncc1C(=O)Nc1c(F)cccc1Cl. The highest BCUT2D eigenvalue weighted by Crippen LogP contribution is 2.31. The maximum atomic E-state index is 14.0. The molecule has 9 heteroatoms. The second-order valence-electron chi connectivity index (χ2n) is 5.92. The number of amides is 1. The van der Waals surface area contributed by atoms with Crippen LogP contribution in [-0.2, 0) is 0 Å². The van der Waals surface area contributed by atoms with Crippen LogP contribution in [0, 0.1) is 5.82 Å². The van der Waals surface area contributed by atoms with Gasteiger partial charge in [0, 0.05) is 11.1 Å². The molecule has 0 saturated heterocycles. The van der Waals surface area contributed by atoms with Gasteiger partial charge < -0.3 is 10.6 Å². The van der Waals surface area contributed by atoms with Crippen LogP contribution in [0.15, 0.2) is 53.6 Å². The van der Waals surface area contributed by atoms with Gasteiger partial charge in [-0.05, 0) is 48.0 Å². The van der Waals surface area contributed by atoms with E-state index in [1.807, 2.05) is 24.3 Å². The zero-order valence-electron chi connectivity index (χ0n) is 15.4. The van der Waals surface area contributed by atoms with E-state index in [1.165, 1.54) is 24.4 Å². The Labute approximate surface area is 182 Å². The number of para-hydroxylation sites is 2. The van der Waals surface area contributed by atoms with Crippen LogP contribution in [-0.4, -0.2) is 21.6 Å². The van der Waals surface area contributed by atoms with Crippen molar-refractivity contribution in [3.05, 3.63) is 70.3 Å². The van der Waals surface area contributed by atoms with Crippen LogP contribution in [0.25, 0.3) is 0 Å². The molecule has 0 aliphatic rings. The van der Waals surface area contributed by atoms with Crippen LogP contribution in [0.1, 0.15) is 23.7 Å². The summed E-state index contributed by atoms with van der Waals surface area (Å²) in [5.74, 6) is -0.103. The fraction of sp³-hybridized carbons (Fsp3) is 0.150. The predicted octanol–water partition coefficient (Wildman–Crippen LogP) is 6.42. The van der Waals surface area contributed by atoms with Crippen molar-refractivity contribution in [3.8, 4) is 0 Å². The van der Waals surface area contributed by atoms with E-state index in [4.69, 9.17) is 23.2 Å². The van der Waals surface area contributed by atoms with Gasteiger partial charge in [0.2, 0.25) is 5.28 Å². The molecule has 3 aromatic rings. The zero-order valence-corrected chi connectivity index (χ0v) is 17.7. The Bertz CT molecular complexity index is 1010. The van der Waals surface area contributed by atoms with Gasteiger partial charge in [0.25, 0.3) is 5.91 Å². The molecule has 5 nitrogen and oxygen atoms in total. The van der Waals surface area contributed by atoms with Crippen LogP contribution in [0.4, 0.5) is 21.6 Å². The van der Waals surface area contributed by atoms with Crippen molar-refractivity contribution in [1.29, 1.82) is 0 Å². The van der Waals surface area contributed by atoms with Crippen LogP contribution >= 0.6 is 35.0 Å². The quantitative estimate of drug-likeness (QED) is 0.321. The molecular weight excluding hydrogens is 434 g/mol. The summed E-state index contributed by atoms with van der Waals surface area (Å²) in [4.78, 5) is 21.8. The van der Waals surface area contributed by atoms with E-state index < -0.39 is 11.7 Å². The van der Waals surface area contributed by atoms with Crippen LogP contribution in [0.5, 0.6) is 0 Å². The third kappa shape index (κ3) is 5.38. The number of hydrogen-bond donors (Lipinski definition) is 2. The Balaban J connectivity index is 1.92. The minimum atomic E-state index is -0.642. The Kier molecular flexibility index (Phi) is 7.30. The first-order chi connectivity index (χ1) is 14.0. The standard InChI is InChI=1S/C20H17Cl2FN4OS/c1-2-10-29-16-9-4-3-8-15(16)25-18-12(11-24-20(22)27-18)19(28)26-17-13(21)6-5-7-14(17)23/h3-9,11H,2,10H2,1H3,(H,26,28)(H,24,25,27). The van der Waals surface area contributed by atoms with Gasteiger partial charge in [-0.1, -0.05) is 36.7 Å². The van der Waals surface area contributed by atoms with Crippen molar-refractivity contribution in [1.82, 2.24) is 9.97 Å². The first-order valence-electron chi connectivity index (χ1n) is 8.76. The van der Waals surface area contributed by atoms with Crippen molar-refractivity contribution in [3.63, 3.8) is 0 Å². The average molecular weight is 451 g/mol. The first kappa shape index (κ1) is 21.4. The number of aromatic nitrogens is 2. The van der Waals surface area contributed by atoms with Crippen molar-refractivity contribution >= 4 is 58.1 Å². The summed E-state index contributed by atoms with van der Waals surface area (Å²) >= 11 is 13.6.